The van der Waals surface area contributed by atoms with Gasteiger partial charge in [-0.2, -0.15) is 0 Å². The third-order valence-corrected chi connectivity index (χ3v) is 6.07. The highest BCUT2D eigenvalue weighted by Crippen LogP contribution is 2.33. The summed E-state index contributed by atoms with van der Waals surface area (Å²) in [6.45, 7) is 8.64. The molecular formula is C23H30N2O5. The number of amides is 1. The maximum absolute atomic E-state index is 12.4. The Labute approximate surface area is 176 Å². The molecule has 30 heavy (non-hydrogen) atoms. The predicted molar refractivity (Wildman–Crippen MR) is 114 cm³/mol. The maximum Gasteiger partial charge on any atom is 0.339 e. The third-order valence-electron chi connectivity index (χ3n) is 6.07. The van der Waals surface area contributed by atoms with Gasteiger partial charge in [-0.3, -0.25) is 9.69 Å². The summed E-state index contributed by atoms with van der Waals surface area (Å²) in [7, 11) is 0. The van der Waals surface area contributed by atoms with Crippen LogP contribution in [-0.2, 0) is 22.4 Å². The van der Waals surface area contributed by atoms with Crippen LogP contribution in [0, 0.1) is 6.92 Å². The van der Waals surface area contributed by atoms with E-state index < -0.39 is 6.10 Å². The molecule has 0 radical (unpaired) electrons. The van der Waals surface area contributed by atoms with Crippen LogP contribution in [0.2, 0.25) is 0 Å². The van der Waals surface area contributed by atoms with E-state index in [1.807, 2.05) is 19.1 Å². The minimum Gasteiger partial charge on any atom is -0.480 e. The van der Waals surface area contributed by atoms with Gasteiger partial charge in [0.1, 0.15) is 11.3 Å². The Bertz CT molecular complexity index is 978. The van der Waals surface area contributed by atoms with Crippen LogP contribution in [0.5, 0.6) is 5.75 Å². The third kappa shape index (κ3) is 4.37. The average molecular weight is 415 g/mol. The van der Waals surface area contributed by atoms with E-state index in [1.54, 1.807) is 6.92 Å². The van der Waals surface area contributed by atoms with Crippen LogP contribution in [0.25, 0.3) is 11.0 Å². The predicted octanol–water partition coefficient (Wildman–Crippen LogP) is 2.20. The summed E-state index contributed by atoms with van der Waals surface area (Å²) >= 11 is 0. The number of benzene rings is 1. The Kier molecular flexibility index (Phi) is 6.39. The number of carbonyl (C=O) groups is 1. The first-order valence-electron chi connectivity index (χ1n) is 10.9. The number of nitrogens with one attached hydrogen (secondary N) is 1. The Balaban J connectivity index is 1.36. The minimum absolute atomic E-state index is 0.146. The fourth-order valence-electron chi connectivity index (χ4n) is 4.32. The maximum atomic E-state index is 12.4. The quantitative estimate of drug-likeness (QED) is 0.553. The molecule has 7 heteroatoms. The number of fused-ring (bicyclic) bond motifs is 3. The van der Waals surface area contributed by atoms with Crippen molar-refractivity contribution in [3.8, 4) is 5.75 Å². The molecule has 7 nitrogen and oxygen atoms in total. The summed E-state index contributed by atoms with van der Waals surface area (Å²) in [6.07, 6.45) is 2.93. The van der Waals surface area contributed by atoms with E-state index in [0.717, 1.165) is 80.6 Å². The number of rotatable bonds is 7. The Hall–Kier alpha value is -2.38. The molecule has 1 aliphatic carbocycles. The molecule has 1 atom stereocenters. The summed E-state index contributed by atoms with van der Waals surface area (Å²) in [5.74, 6) is 0.423. The normalized spacial score (nSPS) is 17.7. The van der Waals surface area contributed by atoms with E-state index in [2.05, 4.69) is 10.2 Å². The van der Waals surface area contributed by atoms with Gasteiger partial charge in [-0.1, -0.05) is 0 Å². The second-order valence-electron chi connectivity index (χ2n) is 8.12. The summed E-state index contributed by atoms with van der Waals surface area (Å²) < 4.78 is 16.9. The van der Waals surface area contributed by atoms with Crippen LogP contribution >= 0.6 is 0 Å². The van der Waals surface area contributed by atoms with Crippen molar-refractivity contribution >= 4 is 16.9 Å². The lowest BCUT2D eigenvalue weighted by atomic mass is 10.0. The van der Waals surface area contributed by atoms with E-state index in [4.69, 9.17) is 13.9 Å². The van der Waals surface area contributed by atoms with Crippen LogP contribution in [-0.4, -0.2) is 56.3 Å². The Morgan fingerprint density at radius 3 is 2.80 bits per heavy atom. The number of ether oxygens (including phenoxy) is 2. The van der Waals surface area contributed by atoms with Gasteiger partial charge in [0.25, 0.3) is 5.91 Å². The number of hydrogen-bond donors (Lipinski definition) is 1. The van der Waals surface area contributed by atoms with Crippen LogP contribution in [0.15, 0.2) is 21.3 Å². The smallest absolute Gasteiger partial charge is 0.339 e. The highest BCUT2D eigenvalue weighted by Gasteiger charge is 2.22. The fourth-order valence-corrected chi connectivity index (χ4v) is 4.32. The Morgan fingerprint density at radius 1 is 1.23 bits per heavy atom. The van der Waals surface area contributed by atoms with Gasteiger partial charge in [0.2, 0.25) is 0 Å². The van der Waals surface area contributed by atoms with Gasteiger partial charge in [0, 0.05) is 36.1 Å². The molecule has 1 aromatic carbocycles. The molecular weight excluding hydrogens is 384 g/mol. The minimum atomic E-state index is -0.634. The first kappa shape index (κ1) is 20.9. The molecule has 2 aromatic rings. The summed E-state index contributed by atoms with van der Waals surface area (Å²) in [5.41, 5.74) is 2.98. The van der Waals surface area contributed by atoms with E-state index >= 15 is 0 Å². The highest BCUT2D eigenvalue weighted by molar-refractivity contribution is 5.86. The lowest BCUT2D eigenvalue weighted by Crippen LogP contribution is -2.40. The van der Waals surface area contributed by atoms with Crippen molar-refractivity contribution in [1.82, 2.24) is 10.2 Å². The van der Waals surface area contributed by atoms with Crippen molar-refractivity contribution in [3.05, 3.63) is 39.2 Å². The van der Waals surface area contributed by atoms with E-state index in [1.165, 1.54) is 0 Å². The molecule has 0 saturated carbocycles. The zero-order valence-corrected chi connectivity index (χ0v) is 17.8. The first-order valence-corrected chi connectivity index (χ1v) is 10.9. The average Bonchev–Trinajstić information content (AvgIpc) is 3.25. The van der Waals surface area contributed by atoms with Gasteiger partial charge in [0.15, 0.2) is 6.10 Å². The van der Waals surface area contributed by atoms with Gasteiger partial charge < -0.3 is 19.2 Å². The largest absolute Gasteiger partial charge is 0.480 e. The monoisotopic (exact) mass is 414 g/mol. The van der Waals surface area contributed by atoms with E-state index in [-0.39, 0.29) is 11.5 Å². The summed E-state index contributed by atoms with van der Waals surface area (Å²) in [4.78, 5) is 27.1. The van der Waals surface area contributed by atoms with Crippen molar-refractivity contribution in [1.29, 1.82) is 0 Å². The van der Waals surface area contributed by atoms with E-state index in [0.29, 0.717) is 17.9 Å². The zero-order valence-electron chi connectivity index (χ0n) is 17.8. The number of carbonyl (C=O) groups excluding carboxylic acids is 1. The molecule has 1 amide bonds. The molecule has 1 aliphatic heterocycles. The lowest BCUT2D eigenvalue weighted by Gasteiger charge is -2.26. The molecule has 0 spiro atoms. The molecule has 4 rings (SSSR count). The molecule has 162 valence electrons. The SMILES string of the molecule is Cc1c(O[C@H](C)C(=O)NCCCN2CCOCC2)ccc2c3c(c(=O)oc12)CCC3. The Morgan fingerprint density at radius 2 is 2.00 bits per heavy atom. The second kappa shape index (κ2) is 9.18. The van der Waals surface area contributed by atoms with Crippen LogP contribution in [0.1, 0.15) is 36.5 Å². The van der Waals surface area contributed by atoms with Crippen LogP contribution in [0.4, 0.5) is 0 Å². The number of aryl methyl sites for hydroxylation is 2. The van der Waals surface area contributed by atoms with Crippen molar-refractivity contribution in [3.63, 3.8) is 0 Å². The molecule has 2 heterocycles. The van der Waals surface area contributed by atoms with E-state index in [9.17, 15) is 9.59 Å². The second-order valence-corrected chi connectivity index (χ2v) is 8.12. The van der Waals surface area contributed by atoms with Gasteiger partial charge in [-0.25, -0.2) is 4.79 Å². The molecule has 1 saturated heterocycles. The first-order chi connectivity index (χ1) is 14.5. The van der Waals surface area contributed by atoms with Crippen molar-refractivity contribution in [2.24, 2.45) is 0 Å². The summed E-state index contributed by atoms with van der Waals surface area (Å²) in [5, 5.41) is 3.93. The molecule has 1 fully saturated rings. The lowest BCUT2D eigenvalue weighted by molar-refractivity contribution is -0.127. The van der Waals surface area contributed by atoms with Crippen LogP contribution in [0.3, 0.4) is 0 Å². The topological polar surface area (TPSA) is 81.0 Å². The van der Waals surface area contributed by atoms with Gasteiger partial charge in [0.05, 0.1) is 13.2 Å². The molecule has 2 aliphatic rings. The van der Waals surface area contributed by atoms with Crippen molar-refractivity contribution < 1.29 is 18.7 Å². The standard InChI is InChI=1S/C23H30N2O5/c1-15-20(8-7-18-17-5-3-6-19(17)23(27)30-21(15)18)29-16(2)22(26)24-9-4-10-25-11-13-28-14-12-25/h7-8,16H,3-6,9-14H2,1-2H3,(H,24,26)/t16-/m1/s1. The number of morpholine rings is 1. The molecule has 1 aromatic heterocycles. The number of hydrogen-bond acceptors (Lipinski definition) is 6. The van der Waals surface area contributed by atoms with Crippen molar-refractivity contribution in [2.75, 3.05) is 39.4 Å². The molecule has 0 unspecified atom stereocenters. The highest BCUT2D eigenvalue weighted by atomic mass is 16.5. The van der Waals surface area contributed by atoms with Crippen LogP contribution < -0.4 is 15.7 Å². The van der Waals surface area contributed by atoms with Gasteiger partial charge in [-0.05, 0) is 63.8 Å². The molecule has 1 N–H and O–H groups in total. The number of nitrogens with zero attached hydrogens (tertiary/aromatic N) is 1. The van der Waals surface area contributed by atoms with Gasteiger partial charge >= 0.3 is 5.63 Å². The van der Waals surface area contributed by atoms with Crippen molar-refractivity contribution in [2.45, 2.75) is 45.6 Å². The van der Waals surface area contributed by atoms with Gasteiger partial charge in [-0.15, -0.1) is 0 Å². The fraction of sp³-hybridized carbons (Fsp3) is 0.565. The molecule has 0 bridgehead atoms. The summed E-state index contributed by atoms with van der Waals surface area (Å²) in [6, 6.07) is 3.82. The zero-order chi connectivity index (χ0) is 21.1.